The molecule has 1 fully saturated rings. The van der Waals surface area contributed by atoms with E-state index >= 15 is 0 Å². The average Bonchev–Trinajstić information content (AvgIpc) is 3.37. The number of esters is 1. The first kappa shape index (κ1) is 30.1. The maximum absolute atomic E-state index is 13.5. The second kappa shape index (κ2) is 12.9. The highest BCUT2D eigenvalue weighted by Gasteiger charge is 2.30. The zero-order chi connectivity index (χ0) is 29.1. The molecule has 1 aliphatic carbocycles. The van der Waals surface area contributed by atoms with Gasteiger partial charge in [-0.2, -0.15) is 0 Å². The van der Waals surface area contributed by atoms with Crippen LogP contribution in [0.25, 0.3) is 10.3 Å². The van der Waals surface area contributed by atoms with Crippen molar-refractivity contribution >= 4 is 49.5 Å². The van der Waals surface area contributed by atoms with Crippen LogP contribution in [0.2, 0.25) is 0 Å². The lowest BCUT2D eigenvalue weighted by Gasteiger charge is -2.34. The van der Waals surface area contributed by atoms with E-state index in [4.69, 9.17) is 14.7 Å². The summed E-state index contributed by atoms with van der Waals surface area (Å²) < 4.78 is 6.22. The molecule has 0 saturated carbocycles. The van der Waals surface area contributed by atoms with Crippen molar-refractivity contribution in [2.24, 2.45) is 17.3 Å². The van der Waals surface area contributed by atoms with E-state index in [0.29, 0.717) is 17.5 Å². The number of hydrogen-bond acceptors (Lipinski definition) is 7. The number of halogens is 1. The highest BCUT2D eigenvalue weighted by atomic mass is 79.9. The third-order valence-corrected chi connectivity index (χ3v) is 10.2. The SMILES string of the molecule is CCOC(=O)C1CCN(CCC(NC(=O)c2nc3cc4c(nc3s2)CC[C@H](C(C)(C)C)C4)c2ccc(Br)cc2)CC1. The Morgan fingerprint density at radius 2 is 1.88 bits per heavy atom. The number of thiazole rings is 1. The van der Waals surface area contributed by atoms with Crippen LogP contribution in [-0.2, 0) is 22.4 Å². The lowest BCUT2D eigenvalue weighted by Crippen LogP contribution is -2.39. The number of hydrogen-bond donors (Lipinski definition) is 1. The van der Waals surface area contributed by atoms with Crippen molar-refractivity contribution in [2.75, 3.05) is 26.2 Å². The van der Waals surface area contributed by atoms with E-state index in [0.717, 1.165) is 84.2 Å². The van der Waals surface area contributed by atoms with Gasteiger partial charge in [-0.15, -0.1) is 0 Å². The number of ether oxygens (including phenoxy) is 1. The molecular weight excluding hydrogens is 600 g/mol. The zero-order valence-electron chi connectivity index (χ0n) is 24.5. The summed E-state index contributed by atoms with van der Waals surface area (Å²) in [6.07, 6.45) is 5.54. The molecule has 2 atom stereocenters. The van der Waals surface area contributed by atoms with Crippen LogP contribution in [0.5, 0.6) is 0 Å². The van der Waals surface area contributed by atoms with Crippen LogP contribution in [0.1, 0.15) is 86.0 Å². The molecule has 1 aliphatic heterocycles. The van der Waals surface area contributed by atoms with E-state index in [1.54, 1.807) is 0 Å². The molecule has 5 rings (SSSR count). The molecule has 2 aromatic heterocycles. The largest absolute Gasteiger partial charge is 0.466 e. The minimum Gasteiger partial charge on any atom is -0.466 e. The minimum atomic E-state index is -0.160. The number of carbonyl (C=O) groups is 2. The number of piperidine rings is 1. The third-order valence-electron chi connectivity index (χ3n) is 8.69. The molecule has 41 heavy (non-hydrogen) atoms. The van der Waals surface area contributed by atoms with Crippen LogP contribution in [0, 0.1) is 17.3 Å². The Labute approximate surface area is 255 Å². The standard InChI is InChI=1S/C32H41BrN4O3S/c1-5-40-31(39)21-12-15-37(16-13-21)17-14-26(20-6-9-24(33)10-7-20)34-28(38)30-36-27-19-22-18-23(32(2,3)4)8-11-25(22)35-29(27)41-30/h6-7,9-10,19,21,23,26H,5,8,11-18H2,1-4H3,(H,34,38)/t23-,26?/m0/s1. The molecule has 0 bridgehead atoms. The van der Waals surface area contributed by atoms with Gasteiger partial charge in [0.05, 0.1) is 18.6 Å². The van der Waals surface area contributed by atoms with E-state index in [9.17, 15) is 9.59 Å². The minimum absolute atomic E-state index is 0.00849. The van der Waals surface area contributed by atoms with Gasteiger partial charge in [0.25, 0.3) is 5.91 Å². The lowest BCUT2D eigenvalue weighted by molar-refractivity contribution is -0.149. The molecule has 3 heterocycles. The number of nitrogens with zero attached hydrogens (tertiary/aromatic N) is 3. The van der Waals surface area contributed by atoms with Gasteiger partial charge in [-0.3, -0.25) is 9.59 Å². The van der Waals surface area contributed by atoms with Gasteiger partial charge in [0, 0.05) is 16.7 Å². The highest BCUT2D eigenvalue weighted by molar-refractivity contribution is 9.10. The number of benzene rings is 1. The fourth-order valence-corrected chi connectivity index (χ4v) is 7.16. The van der Waals surface area contributed by atoms with Gasteiger partial charge in [0.2, 0.25) is 0 Å². The normalized spacial score (nSPS) is 19.1. The Morgan fingerprint density at radius 3 is 2.56 bits per heavy atom. The second-order valence-corrected chi connectivity index (χ2v) is 14.4. The Kier molecular flexibility index (Phi) is 9.46. The Hall–Kier alpha value is -2.36. The summed E-state index contributed by atoms with van der Waals surface area (Å²) in [6.45, 7) is 11.8. The molecule has 1 unspecified atom stereocenters. The number of fused-ring (bicyclic) bond motifs is 2. The van der Waals surface area contributed by atoms with Gasteiger partial charge < -0.3 is 15.0 Å². The first-order chi connectivity index (χ1) is 19.6. The number of aryl methyl sites for hydroxylation is 1. The number of rotatable bonds is 8. The van der Waals surface area contributed by atoms with E-state index in [1.807, 2.05) is 19.1 Å². The summed E-state index contributed by atoms with van der Waals surface area (Å²) in [4.78, 5) is 38.6. The number of amides is 1. The van der Waals surface area contributed by atoms with Gasteiger partial charge >= 0.3 is 5.97 Å². The lowest BCUT2D eigenvalue weighted by atomic mass is 9.71. The molecule has 9 heteroatoms. The molecule has 3 aromatic rings. The first-order valence-electron chi connectivity index (χ1n) is 14.9. The van der Waals surface area contributed by atoms with Crippen molar-refractivity contribution in [2.45, 2.75) is 72.3 Å². The average molecular weight is 642 g/mol. The topological polar surface area (TPSA) is 84.4 Å². The third kappa shape index (κ3) is 7.35. The van der Waals surface area contributed by atoms with E-state index < -0.39 is 0 Å². The molecule has 0 spiro atoms. The van der Waals surface area contributed by atoms with Crippen molar-refractivity contribution in [3.8, 4) is 0 Å². The Morgan fingerprint density at radius 1 is 1.15 bits per heavy atom. The van der Waals surface area contributed by atoms with Crippen molar-refractivity contribution < 1.29 is 14.3 Å². The van der Waals surface area contributed by atoms with Crippen molar-refractivity contribution in [1.29, 1.82) is 0 Å². The summed E-state index contributed by atoms with van der Waals surface area (Å²) in [5, 5.41) is 3.73. The molecule has 0 radical (unpaired) electrons. The summed E-state index contributed by atoms with van der Waals surface area (Å²) >= 11 is 4.91. The van der Waals surface area contributed by atoms with Gasteiger partial charge in [0.1, 0.15) is 10.3 Å². The monoisotopic (exact) mass is 640 g/mol. The van der Waals surface area contributed by atoms with Crippen molar-refractivity contribution in [3.63, 3.8) is 0 Å². The molecule has 220 valence electrons. The second-order valence-electron chi connectivity index (χ2n) is 12.5. The molecule has 1 N–H and O–H groups in total. The van der Waals surface area contributed by atoms with Crippen LogP contribution in [-0.4, -0.2) is 53.0 Å². The summed E-state index contributed by atoms with van der Waals surface area (Å²) in [7, 11) is 0. The molecule has 2 aliphatic rings. The summed E-state index contributed by atoms with van der Waals surface area (Å²) in [5.41, 5.74) is 4.58. The van der Waals surface area contributed by atoms with Crippen molar-refractivity contribution in [3.05, 3.63) is 56.6 Å². The fraction of sp³-hybridized carbons (Fsp3) is 0.562. The summed E-state index contributed by atoms with van der Waals surface area (Å²) in [6, 6.07) is 10.1. The maximum atomic E-state index is 13.5. The predicted octanol–water partition coefficient (Wildman–Crippen LogP) is 6.74. The van der Waals surface area contributed by atoms with E-state index in [2.05, 4.69) is 65.1 Å². The number of nitrogens with one attached hydrogen (secondary N) is 1. The number of likely N-dealkylation sites (tertiary alicyclic amines) is 1. The number of carbonyl (C=O) groups excluding carboxylic acids is 2. The van der Waals surface area contributed by atoms with Crippen LogP contribution >= 0.6 is 27.3 Å². The number of aromatic nitrogens is 2. The zero-order valence-corrected chi connectivity index (χ0v) is 26.9. The first-order valence-corrected chi connectivity index (χ1v) is 16.5. The van der Waals surface area contributed by atoms with Gasteiger partial charge in [0.15, 0.2) is 5.01 Å². The van der Waals surface area contributed by atoms with Crippen LogP contribution in [0.4, 0.5) is 0 Å². The highest BCUT2D eigenvalue weighted by Crippen LogP contribution is 2.38. The van der Waals surface area contributed by atoms with Gasteiger partial charge in [-0.25, -0.2) is 9.97 Å². The van der Waals surface area contributed by atoms with Gasteiger partial charge in [-0.1, -0.05) is 60.2 Å². The van der Waals surface area contributed by atoms with Crippen LogP contribution in [0.15, 0.2) is 34.8 Å². The fourth-order valence-electron chi connectivity index (χ4n) is 6.05. The Balaban J connectivity index is 1.27. The van der Waals surface area contributed by atoms with Crippen molar-refractivity contribution in [1.82, 2.24) is 20.2 Å². The molecule has 1 amide bonds. The summed E-state index contributed by atoms with van der Waals surface area (Å²) in [5.74, 6) is 0.379. The van der Waals surface area contributed by atoms with Crippen LogP contribution < -0.4 is 5.32 Å². The quantitative estimate of drug-likeness (QED) is 0.275. The smallest absolute Gasteiger partial charge is 0.309 e. The maximum Gasteiger partial charge on any atom is 0.309 e. The number of pyridine rings is 1. The van der Waals surface area contributed by atoms with Gasteiger partial charge in [-0.05, 0) is 99.2 Å². The van der Waals surface area contributed by atoms with Crippen LogP contribution in [0.3, 0.4) is 0 Å². The molecule has 1 saturated heterocycles. The molecular formula is C32H41BrN4O3S. The van der Waals surface area contributed by atoms with E-state index in [-0.39, 0.29) is 29.3 Å². The Bertz CT molecular complexity index is 1380. The van der Waals surface area contributed by atoms with E-state index in [1.165, 1.54) is 16.9 Å². The molecule has 1 aromatic carbocycles. The molecule has 7 nitrogen and oxygen atoms in total. The predicted molar refractivity (Wildman–Crippen MR) is 167 cm³/mol.